The molecule has 2 fully saturated rings. The first-order chi connectivity index (χ1) is 7.66. The Bertz CT molecular complexity index is 253. The van der Waals surface area contributed by atoms with Crippen molar-refractivity contribution in [3.63, 3.8) is 0 Å². The Labute approximate surface area is 97.0 Å². The molecule has 0 spiro atoms. The Morgan fingerprint density at radius 1 is 1.44 bits per heavy atom. The van der Waals surface area contributed by atoms with E-state index in [9.17, 15) is 4.79 Å². The molecule has 0 aromatic heterocycles. The molecule has 0 radical (unpaired) electrons. The summed E-state index contributed by atoms with van der Waals surface area (Å²) in [6.07, 6.45) is 3.68. The van der Waals surface area contributed by atoms with E-state index in [1.54, 1.807) is 0 Å². The van der Waals surface area contributed by atoms with Gasteiger partial charge in [-0.05, 0) is 31.7 Å². The third-order valence-electron chi connectivity index (χ3n) is 3.57. The number of carboxylic acids is 1. The minimum absolute atomic E-state index is 0.296. The maximum absolute atomic E-state index is 10.6. The van der Waals surface area contributed by atoms with E-state index in [0.29, 0.717) is 18.4 Å². The summed E-state index contributed by atoms with van der Waals surface area (Å²) in [6.45, 7) is 5.41. The average Bonchev–Trinajstić information content (AvgIpc) is 3.01. The summed E-state index contributed by atoms with van der Waals surface area (Å²) in [4.78, 5) is 13.2. The van der Waals surface area contributed by atoms with Gasteiger partial charge in [-0.1, -0.05) is 6.92 Å². The van der Waals surface area contributed by atoms with Crippen LogP contribution in [0.2, 0.25) is 0 Å². The van der Waals surface area contributed by atoms with E-state index in [4.69, 9.17) is 5.11 Å². The van der Waals surface area contributed by atoms with Gasteiger partial charge in [0.15, 0.2) is 0 Å². The van der Waals surface area contributed by atoms with Gasteiger partial charge in [0.1, 0.15) is 0 Å². The predicted molar refractivity (Wildman–Crippen MR) is 62.4 cm³/mol. The van der Waals surface area contributed by atoms with Crippen LogP contribution < -0.4 is 5.32 Å². The number of nitrogens with zero attached hydrogens (tertiary/aromatic N) is 1. The number of carboxylic acid groups (broad SMARTS) is 1. The Morgan fingerprint density at radius 3 is 2.81 bits per heavy atom. The fourth-order valence-corrected chi connectivity index (χ4v) is 2.60. The van der Waals surface area contributed by atoms with Gasteiger partial charge >= 0.3 is 5.97 Å². The van der Waals surface area contributed by atoms with Gasteiger partial charge in [-0.2, -0.15) is 0 Å². The molecule has 1 saturated heterocycles. The van der Waals surface area contributed by atoms with Crippen LogP contribution in [0.15, 0.2) is 0 Å². The van der Waals surface area contributed by atoms with E-state index in [0.717, 1.165) is 32.1 Å². The van der Waals surface area contributed by atoms with Gasteiger partial charge in [-0.15, -0.1) is 0 Å². The fraction of sp³-hybridized carbons (Fsp3) is 0.917. The number of hydrogen-bond donors (Lipinski definition) is 2. The molecular weight excluding hydrogens is 204 g/mol. The summed E-state index contributed by atoms with van der Waals surface area (Å²) < 4.78 is 0. The van der Waals surface area contributed by atoms with Crippen molar-refractivity contribution in [2.24, 2.45) is 5.92 Å². The highest BCUT2D eigenvalue weighted by Crippen LogP contribution is 2.31. The van der Waals surface area contributed by atoms with Gasteiger partial charge in [-0.3, -0.25) is 9.69 Å². The first-order valence-electron chi connectivity index (χ1n) is 6.35. The quantitative estimate of drug-likeness (QED) is 0.748. The first kappa shape index (κ1) is 11.9. The molecule has 0 aromatic carbocycles. The lowest BCUT2D eigenvalue weighted by Gasteiger charge is -2.30. The van der Waals surface area contributed by atoms with Crippen molar-refractivity contribution in [1.82, 2.24) is 10.2 Å². The molecule has 2 unspecified atom stereocenters. The van der Waals surface area contributed by atoms with Crippen molar-refractivity contribution in [2.75, 3.05) is 19.6 Å². The maximum atomic E-state index is 10.6. The number of aliphatic carboxylic acids is 1. The molecule has 4 heteroatoms. The number of carbonyl (C=O) groups is 1. The Hall–Kier alpha value is -0.610. The fourth-order valence-electron chi connectivity index (χ4n) is 2.60. The van der Waals surface area contributed by atoms with Crippen LogP contribution in [0.3, 0.4) is 0 Å². The minimum atomic E-state index is -0.673. The standard InChI is InChI=1S/C12H22N2O2/c1-9-6-13-7-11(4-5-12(15)16)14(8-9)10-2-3-10/h9-11,13H,2-8H2,1H3,(H,15,16). The number of hydrogen-bond acceptors (Lipinski definition) is 3. The topological polar surface area (TPSA) is 52.6 Å². The molecular formula is C12H22N2O2. The summed E-state index contributed by atoms with van der Waals surface area (Å²) in [5.74, 6) is 0.00321. The Kier molecular flexibility index (Phi) is 3.82. The minimum Gasteiger partial charge on any atom is -0.481 e. The van der Waals surface area contributed by atoms with Gasteiger partial charge in [0.2, 0.25) is 0 Å². The van der Waals surface area contributed by atoms with Crippen LogP contribution >= 0.6 is 0 Å². The molecule has 2 N–H and O–H groups in total. The van der Waals surface area contributed by atoms with Crippen LogP contribution in [-0.4, -0.2) is 47.7 Å². The molecule has 16 heavy (non-hydrogen) atoms. The molecule has 0 amide bonds. The SMILES string of the molecule is CC1CNCC(CCC(=O)O)N(C2CC2)C1. The highest BCUT2D eigenvalue weighted by molar-refractivity contribution is 5.66. The molecule has 1 heterocycles. The van der Waals surface area contributed by atoms with Crippen LogP contribution in [0.4, 0.5) is 0 Å². The van der Waals surface area contributed by atoms with Crippen LogP contribution in [0.25, 0.3) is 0 Å². The second-order valence-corrected chi connectivity index (χ2v) is 5.28. The molecule has 2 rings (SSSR count). The largest absolute Gasteiger partial charge is 0.481 e. The highest BCUT2D eigenvalue weighted by atomic mass is 16.4. The summed E-state index contributed by atoms with van der Waals surface area (Å²) in [5.41, 5.74) is 0. The lowest BCUT2D eigenvalue weighted by molar-refractivity contribution is -0.137. The van der Waals surface area contributed by atoms with E-state index in [2.05, 4.69) is 17.1 Å². The predicted octanol–water partition coefficient (Wildman–Crippen LogP) is 0.923. The Morgan fingerprint density at radius 2 is 2.19 bits per heavy atom. The molecule has 0 bridgehead atoms. The first-order valence-corrected chi connectivity index (χ1v) is 6.35. The van der Waals surface area contributed by atoms with Crippen molar-refractivity contribution < 1.29 is 9.90 Å². The van der Waals surface area contributed by atoms with Crippen LogP contribution in [0.1, 0.15) is 32.6 Å². The summed E-state index contributed by atoms with van der Waals surface area (Å²) >= 11 is 0. The van der Waals surface area contributed by atoms with Gasteiger partial charge in [-0.25, -0.2) is 0 Å². The zero-order valence-electron chi connectivity index (χ0n) is 9.98. The highest BCUT2D eigenvalue weighted by Gasteiger charge is 2.35. The molecule has 1 aliphatic heterocycles. The van der Waals surface area contributed by atoms with E-state index >= 15 is 0 Å². The van der Waals surface area contributed by atoms with Crippen LogP contribution in [-0.2, 0) is 4.79 Å². The molecule has 2 aliphatic rings. The lowest BCUT2D eigenvalue weighted by atomic mass is 10.1. The number of nitrogens with one attached hydrogen (secondary N) is 1. The molecule has 4 nitrogen and oxygen atoms in total. The maximum Gasteiger partial charge on any atom is 0.303 e. The lowest BCUT2D eigenvalue weighted by Crippen LogP contribution is -2.41. The van der Waals surface area contributed by atoms with E-state index in [-0.39, 0.29) is 0 Å². The van der Waals surface area contributed by atoms with Crippen molar-refractivity contribution in [2.45, 2.75) is 44.7 Å². The van der Waals surface area contributed by atoms with Gasteiger partial charge in [0.25, 0.3) is 0 Å². The molecule has 2 atom stereocenters. The molecule has 1 saturated carbocycles. The second-order valence-electron chi connectivity index (χ2n) is 5.28. The zero-order chi connectivity index (χ0) is 11.5. The van der Waals surface area contributed by atoms with Crippen molar-refractivity contribution in [3.8, 4) is 0 Å². The average molecular weight is 226 g/mol. The van der Waals surface area contributed by atoms with Crippen molar-refractivity contribution >= 4 is 5.97 Å². The number of rotatable bonds is 4. The monoisotopic (exact) mass is 226 g/mol. The smallest absolute Gasteiger partial charge is 0.303 e. The molecule has 0 aromatic rings. The Balaban J connectivity index is 1.92. The normalized spacial score (nSPS) is 32.3. The van der Waals surface area contributed by atoms with Crippen LogP contribution in [0, 0.1) is 5.92 Å². The van der Waals surface area contributed by atoms with Crippen LogP contribution in [0.5, 0.6) is 0 Å². The van der Waals surface area contributed by atoms with Crippen molar-refractivity contribution in [3.05, 3.63) is 0 Å². The summed E-state index contributed by atoms with van der Waals surface area (Å²) in [6, 6.07) is 1.16. The summed E-state index contributed by atoms with van der Waals surface area (Å²) in [5, 5.41) is 12.2. The third-order valence-corrected chi connectivity index (χ3v) is 3.57. The molecule has 92 valence electrons. The van der Waals surface area contributed by atoms with E-state index in [1.165, 1.54) is 12.8 Å². The van der Waals surface area contributed by atoms with Gasteiger partial charge < -0.3 is 10.4 Å². The van der Waals surface area contributed by atoms with Gasteiger partial charge in [0, 0.05) is 31.6 Å². The van der Waals surface area contributed by atoms with E-state index < -0.39 is 5.97 Å². The molecule has 1 aliphatic carbocycles. The van der Waals surface area contributed by atoms with Crippen molar-refractivity contribution in [1.29, 1.82) is 0 Å². The van der Waals surface area contributed by atoms with Gasteiger partial charge in [0.05, 0.1) is 0 Å². The summed E-state index contributed by atoms with van der Waals surface area (Å²) in [7, 11) is 0. The second kappa shape index (κ2) is 5.15. The zero-order valence-corrected chi connectivity index (χ0v) is 9.98. The third kappa shape index (κ3) is 3.19. The van der Waals surface area contributed by atoms with E-state index in [1.807, 2.05) is 0 Å².